The molecular formula is C15H7F6NO3. The minimum absolute atomic E-state index is 0.0158. The fraction of sp³-hybridized carbons (Fsp3) is 0.133. The van der Waals surface area contributed by atoms with Crippen LogP contribution in [0, 0.1) is 0 Å². The van der Waals surface area contributed by atoms with Crippen molar-refractivity contribution < 1.29 is 41.0 Å². The summed E-state index contributed by atoms with van der Waals surface area (Å²) in [6, 6.07) is 6.45. The Morgan fingerprint density at radius 1 is 0.680 bits per heavy atom. The van der Waals surface area contributed by atoms with E-state index < -0.39 is 24.2 Å². The molecule has 0 fully saturated rings. The van der Waals surface area contributed by atoms with Gasteiger partial charge in [-0.2, -0.15) is 0 Å². The van der Waals surface area contributed by atoms with Crippen LogP contribution in [-0.4, -0.2) is 23.6 Å². The molecule has 4 nitrogen and oxygen atoms in total. The van der Waals surface area contributed by atoms with Crippen molar-refractivity contribution in [1.82, 2.24) is 0 Å². The van der Waals surface area contributed by atoms with Gasteiger partial charge in [-0.1, -0.05) is 5.16 Å². The highest BCUT2D eigenvalue weighted by atomic mass is 19.4. The predicted molar refractivity (Wildman–Crippen MR) is 72.7 cm³/mol. The van der Waals surface area contributed by atoms with Gasteiger partial charge in [-0.05, 0) is 47.5 Å². The van der Waals surface area contributed by atoms with Crippen LogP contribution in [-0.2, 0) is 0 Å². The number of fused-ring (bicyclic) bond motifs is 3. The second kappa shape index (κ2) is 5.57. The third kappa shape index (κ3) is 3.47. The normalized spacial score (nSPS) is 13.3. The average molecular weight is 363 g/mol. The van der Waals surface area contributed by atoms with Crippen LogP contribution in [0.25, 0.3) is 11.1 Å². The lowest BCUT2D eigenvalue weighted by molar-refractivity contribution is -0.275. The highest BCUT2D eigenvalue weighted by Crippen LogP contribution is 2.42. The summed E-state index contributed by atoms with van der Waals surface area (Å²) in [5, 5.41) is 12.2. The fourth-order valence-electron chi connectivity index (χ4n) is 2.55. The molecule has 0 radical (unpaired) electrons. The summed E-state index contributed by atoms with van der Waals surface area (Å²) >= 11 is 0. The van der Waals surface area contributed by atoms with Gasteiger partial charge in [-0.25, -0.2) is 0 Å². The number of rotatable bonds is 2. The Kier molecular flexibility index (Phi) is 3.77. The van der Waals surface area contributed by atoms with Crippen LogP contribution in [0.2, 0.25) is 0 Å². The minimum atomic E-state index is -4.93. The molecule has 0 atom stereocenters. The molecule has 25 heavy (non-hydrogen) atoms. The Bertz CT molecular complexity index is 790. The molecule has 10 heteroatoms. The number of hydrogen-bond acceptors (Lipinski definition) is 4. The second-order valence-corrected chi connectivity index (χ2v) is 4.96. The molecule has 0 bridgehead atoms. The zero-order valence-corrected chi connectivity index (χ0v) is 11.9. The Labute approximate surface area is 135 Å². The van der Waals surface area contributed by atoms with Crippen molar-refractivity contribution in [2.75, 3.05) is 0 Å². The summed E-state index contributed by atoms with van der Waals surface area (Å²) in [7, 11) is 0. The predicted octanol–water partition coefficient (Wildman–Crippen LogP) is 4.69. The van der Waals surface area contributed by atoms with Crippen LogP contribution in [0.1, 0.15) is 11.1 Å². The highest BCUT2D eigenvalue weighted by molar-refractivity contribution is 6.24. The molecule has 0 amide bonds. The number of nitrogens with zero attached hydrogens (tertiary/aromatic N) is 1. The number of alkyl halides is 6. The Hall–Kier alpha value is -2.91. The van der Waals surface area contributed by atoms with Crippen molar-refractivity contribution in [2.45, 2.75) is 12.7 Å². The molecule has 0 saturated heterocycles. The lowest BCUT2D eigenvalue weighted by Crippen LogP contribution is -2.17. The summed E-state index contributed by atoms with van der Waals surface area (Å²) in [5.74, 6) is -1.11. The van der Waals surface area contributed by atoms with Crippen molar-refractivity contribution in [1.29, 1.82) is 0 Å². The van der Waals surface area contributed by atoms with E-state index in [1.54, 1.807) is 0 Å². The molecule has 0 saturated carbocycles. The number of halogens is 6. The summed E-state index contributed by atoms with van der Waals surface area (Å²) in [5.41, 5.74) is 0.754. The molecule has 1 aliphatic carbocycles. The molecule has 0 heterocycles. The zero-order chi connectivity index (χ0) is 18.4. The van der Waals surface area contributed by atoms with Gasteiger partial charge in [0.2, 0.25) is 0 Å². The Balaban J connectivity index is 2.10. The number of oxime groups is 1. The van der Waals surface area contributed by atoms with E-state index in [-0.39, 0.29) is 28.0 Å². The summed E-state index contributed by atoms with van der Waals surface area (Å²) in [4.78, 5) is 0. The van der Waals surface area contributed by atoms with Gasteiger partial charge in [0.15, 0.2) is 0 Å². The van der Waals surface area contributed by atoms with Crippen molar-refractivity contribution in [3.63, 3.8) is 0 Å². The minimum Gasteiger partial charge on any atom is -0.410 e. The van der Waals surface area contributed by atoms with Crippen LogP contribution in [0.15, 0.2) is 41.6 Å². The first-order valence-electron chi connectivity index (χ1n) is 6.60. The number of hydrogen-bond donors (Lipinski definition) is 1. The number of benzene rings is 2. The Morgan fingerprint density at radius 2 is 1.08 bits per heavy atom. The first-order valence-corrected chi connectivity index (χ1v) is 6.60. The maximum Gasteiger partial charge on any atom is 0.573 e. The van der Waals surface area contributed by atoms with Gasteiger partial charge in [-0.15, -0.1) is 26.3 Å². The maximum absolute atomic E-state index is 12.4. The van der Waals surface area contributed by atoms with Gasteiger partial charge in [-0.3, -0.25) is 0 Å². The molecule has 0 spiro atoms. The summed E-state index contributed by atoms with van der Waals surface area (Å²) in [6.07, 6.45) is -9.85. The van der Waals surface area contributed by atoms with Crippen LogP contribution in [0.4, 0.5) is 26.3 Å². The van der Waals surface area contributed by atoms with E-state index in [2.05, 4.69) is 14.6 Å². The first kappa shape index (κ1) is 16.9. The molecule has 1 aliphatic rings. The van der Waals surface area contributed by atoms with Gasteiger partial charge in [0.25, 0.3) is 0 Å². The standard InChI is InChI=1S/C15H7F6NO3/c16-14(17,18)24-7-1-3-9-11(5-7)12-6-8(25-15(19,20)21)2-4-10(12)13(9)22-23/h1-6,23H. The quantitative estimate of drug-likeness (QED) is 0.408. The van der Waals surface area contributed by atoms with Crippen molar-refractivity contribution in [3.05, 3.63) is 47.5 Å². The zero-order valence-electron chi connectivity index (χ0n) is 11.9. The van der Waals surface area contributed by atoms with Crippen LogP contribution in [0.3, 0.4) is 0 Å². The molecule has 132 valence electrons. The van der Waals surface area contributed by atoms with Crippen molar-refractivity contribution in [3.8, 4) is 22.6 Å². The van der Waals surface area contributed by atoms with Crippen LogP contribution < -0.4 is 9.47 Å². The Morgan fingerprint density at radius 3 is 1.40 bits per heavy atom. The fourth-order valence-corrected chi connectivity index (χ4v) is 2.55. The van der Waals surface area contributed by atoms with E-state index in [1.165, 1.54) is 12.1 Å². The van der Waals surface area contributed by atoms with Gasteiger partial charge < -0.3 is 14.7 Å². The first-order chi connectivity index (χ1) is 11.6. The number of ether oxygens (including phenoxy) is 2. The average Bonchev–Trinajstić information content (AvgIpc) is 2.76. The molecule has 1 N–H and O–H groups in total. The van der Waals surface area contributed by atoms with Gasteiger partial charge >= 0.3 is 12.7 Å². The second-order valence-electron chi connectivity index (χ2n) is 4.96. The molecule has 0 aromatic heterocycles. The lowest BCUT2D eigenvalue weighted by atomic mass is 10.1. The molecular weight excluding hydrogens is 356 g/mol. The van der Waals surface area contributed by atoms with Gasteiger partial charge in [0.1, 0.15) is 17.2 Å². The monoisotopic (exact) mass is 363 g/mol. The third-order valence-electron chi connectivity index (χ3n) is 3.35. The smallest absolute Gasteiger partial charge is 0.410 e. The highest BCUT2D eigenvalue weighted by Gasteiger charge is 2.34. The molecule has 2 aromatic carbocycles. The van der Waals surface area contributed by atoms with E-state index in [1.807, 2.05) is 0 Å². The van der Waals surface area contributed by atoms with Crippen LogP contribution >= 0.6 is 0 Å². The molecule has 0 unspecified atom stereocenters. The van der Waals surface area contributed by atoms with E-state index in [0.29, 0.717) is 0 Å². The maximum atomic E-state index is 12.4. The van der Waals surface area contributed by atoms with E-state index >= 15 is 0 Å². The summed E-state index contributed by atoms with van der Waals surface area (Å²) in [6.45, 7) is 0. The molecule has 0 aliphatic heterocycles. The van der Waals surface area contributed by atoms with E-state index in [4.69, 9.17) is 5.21 Å². The third-order valence-corrected chi connectivity index (χ3v) is 3.35. The van der Waals surface area contributed by atoms with E-state index in [9.17, 15) is 26.3 Å². The largest absolute Gasteiger partial charge is 0.573 e. The van der Waals surface area contributed by atoms with Crippen molar-refractivity contribution in [2.24, 2.45) is 5.16 Å². The van der Waals surface area contributed by atoms with E-state index in [0.717, 1.165) is 24.3 Å². The topological polar surface area (TPSA) is 51.1 Å². The lowest BCUT2D eigenvalue weighted by Gasteiger charge is -2.11. The SMILES string of the molecule is ON=C1c2ccc(OC(F)(F)F)cc2-c2cc(OC(F)(F)F)ccc21. The molecule has 2 aromatic rings. The molecule has 3 rings (SSSR count). The summed E-state index contributed by atoms with van der Waals surface area (Å²) < 4.78 is 81.7. The van der Waals surface area contributed by atoms with Gasteiger partial charge in [0, 0.05) is 11.1 Å². The van der Waals surface area contributed by atoms with Crippen LogP contribution in [0.5, 0.6) is 11.5 Å². The van der Waals surface area contributed by atoms with Crippen molar-refractivity contribution >= 4 is 5.71 Å². The van der Waals surface area contributed by atoms with Gasteiger partial charge in [0.05, 0.1) is 0 Å².